The number of nitrogens with zero attached hydrogens (tertiary/aromatic N) is 1. The lowest BCUT2D eigenvalue weighted by atomic mass is 9.97. The van der Waals surface area contributed by atoms with Gasteiger partial charge < -0.3 is 10.5 Å². The molecule has 0 unspecified atom stereocenters. The molecule has 0 saturated carbocycles. The first kappa shape index (κ1) is 14.8. The van der Waals surface area contributed by atoms with E-state index in [1.807, 2.05) is 24.3 Å². The number of carbonyl (C=O) groups is 1. The Kier molecular flexibility index (Phi) is 4.51. The minimum absolute atomic E-state index is 0.396. The van der Waals surface area contributed by atoms with Crippen LogP contribution in [0.1, 0.15) is 15.9 Å². The summed E-state index contributed by atoms with van der Waals surface area (Å²) in [6.07, 6.45) is 0. The molecule has 2 aromatic carbocycles. The highest BCUT2D eigenvalue weighted by Gasteiger charge is 2.13. The summed E-state index contributed by atoms with van der Waals surface area (Å²) in [5, 5.41) is 0. The fourth-order valence-electron chi connectivity index (χ4n) is 2.78. The zero-order valence-corrected chi connectivity index (χ0v) is 12.5. The third-order valence-corrected chi connectivity index (χ3v) is 3.97. The molecule has 1 amide bonds. The second-order valence-corrected chi connectivity index (χ2v) is 5.49. The molecular weight excluding hydrogens is 276 g/mol. The molecule has 1 heterocycles. The lowest BCUT2D eigenvalue weighted by molar-refractivity contribution is 0.0342. The number of hydrogen-bond acceptors (Lipinski definition) is 3. The Morgan fingerprint density at radius 2 is 1.86 bits per heavy atom. The van der Waals surface area contributed by atoms with Gasteiger partial charge in [-0.2, -0.15) is 0 Å². The molecule has 1 aliphatic rings. The minimum Gasteiger partial charge on any atom is -0.379 e. The fraction of sp³-hybridized carbons (Fsp3) is 0.278. The molecule has 4 heteroatoms. The first-order valence-corrected chi connectivity index (χ1v) is 7.52. The molecule has 2 N–H and O–H groups in total. The molecule has 0 radical (unpaired) electrons. The molecule has 1 fully saturated rings. The Morgan fingerprint density at radius 1 is 1.09 bits per heavy atom. The van der Waals surface area contributed by atoms with Gasteiger partial charge in [0.15, 0.2) is 0 Å². The summed E-state index contributed by atoms with van der Waals surface area (Å²) in [6.45, 7) is 4.38. The van der Waals surface area contributed by atoms with Crippen molar-refractivity contribution in [3.63, 3.8) is 0 Å². The lowest BCUT2D eigenvalue weighted by Crippen LogP contribution is -2.35. The quantitative estimate of drug-likeness (QED) is 0.941. The number of rotatable bonds is 4. The lowest BCUT2D eigenvalue weighted by Gasteiger charge is -2.27. The average molecular weight is 296 g/mol. The van der Waals surface area contributed by atoms with Gasteiger partial charge in [0.2, 0.25) is 5.91 Å². The van der Waals surface area contributed by atoms with Crippen LogP contribution in [0.15, 0.2) is 48.5 Å². The van der Waals surface area contributed by atoms with E-state index >= 15 is 0 Å². The Morgan fingerprint density at radius 3 is 2.64 bits per heavy atom. The molecule has 22 heavy (non-hydrogen) atoms. The molecule has 4 nitrogen and oxygen atoms in total. The van der Waals surface area contributed by atoms with E-state index in [1.165, 1.54) is 5.56 Å². The average Bonchev–Trinajstić information content (AvgIpc) is 2.56. The summed E-state index contributed by atoms with van der Waals surface area (Å²) in [7, 11) is 0. The Bertz CT molecular complexity index is 664. The molecule has 1 saturated heterocycles. The zero-order valence-electron chi connectivity index (χ0n) is 12.5. The van der Waals surface area contributed by atoms with Gasteiger partial charge in [0.05, 0.1) is 13.2 Å². The largest absolute Gasteiger partial charge is 0.379 e. The van der Waals surface area contributed by atoms with E-state index in [-0.39, 0.29) is 0 Å². The van der Waals surface area contributed by atoms with Crippen LogP contribution < -0.4 is 5.73 Å². The van der Waals surface area contributed by atoms with Gasteiger partial charge in [-0.25, -0.2) is 0 Å². The van der Waals surface area contributed by atoms with Crippen molar-refractivity contribution in [1.82, 2.24) is 4.90 Å². The van der Waals surface area contributed by atoms with Gasteiger partial charge in [0, 0.05) is 25.2 Å². The second-order valence-electron chi connectivity index (χ2n) is 5.49. The molecule has 0 spiro atoms. The van der Waals surface area contributed by atoms with Crippen LogP contribution >= 0.6 is 0 Å². The van der Waals surface area contributed by atoms with Crippen LogP contribution in [0.25, 0.3) is 11.1 Å². The molecule has 2 aromatic rings. The smallest absolute Gasteiger partial charge is 0.248 e. The van der Waals surface area contributed by atoms with Crippen LogP contribution in [0.5, 0.6) is 0 Å². The van der Waals surface area contributed by atoms with Crippen molar-refractivity contribution < 1.29 is 9.53 Å². The van der Waals surface area contributed by atoms with Crippen molar-refractivity contribution in [3.8, 4) is 11.1 Å². The van der Waals surface area contributed by atoms with Crippen molar-refractivity contribution in [1.29, 1.82) is 0 Å². The molecule has 0 aromatic heterocycles. The van der Waals surface area contributed by atoms with Gasteiger partial charge in [-0.15, -0.1) is 0 Å². The Hall–Kier alpha value is -2.17. The summed E-state index contributed by atoms with van der Waals surface area (Å²) in [5.41, 5.74) is 9.36. The highest BCUT2D eigenvalue weighted by atomic mass is 16.5. The molecular formula is C18H20N2O2. The fourth-order valence-corrected chi connectivity index (χ4v) is 2.78. The molecule has 0 atom stereocenters. The van der Waals surface area contributed by atoms with Gasteiger partial charge >= 0.3 is 0 Å². The van der Waals surface area contributed by atoms with Crippen LogP contribution in [-0.4, -0.2) is 37.1 Å². The standard InChI is InChI=1S/C18H20N2O2/c19-18(21)15-6-3-5-14(12-15)17-7-2-1-4-16(17)13-20-8-10-22-11-9-20/h1-7,12H,8-11,13H2,(H2,19,21). The third-order valence-electron chi connectivity index (χ3n) is 3.97. The van der Waals surface area contributed by atoms with Crippen molar-refractivity contribution in [2.75, 3.05) is 26.3 Å². The van der Waals surface area contributed by atoms with E-state index in [9.17, 15) is 4.79 Å². The predicted octanol–water partition coefficient (Wildman–Crippen LogP) is 2.28. The van der Waals surface area contributed by atoms with Gasteiger partial charge in [0.1, 0.15) is 0 Å². The summed E-state index contributed by atoms with van der Waals surface area (Å²) < 4.78 is 5.40. The van der Waals surface area contributed by atoms with E-state index in [2.05, 4.69) is 23.1 Å². The summed E-state index contributed by atoms with van der Waals surface area (Å²) in [4.78, 5) is 13.8. The van der Waals surface area contributed by atoms with Crippen molar-refractivity contribution in [2.45, 2.75) is 6.54 Å². The summed E-state index contributed by atoms with van der Waals surface area (Å²) >= 11 is 0. The first-order chi connectivity index (χ1) is 10.7. The van der Waals surface area contributed by atoms with E-state index in [4.69, 9.17) is 10.5 Å². The molecule has 1 aliphatic heterocycles. The number of carbonyl (C=O) groups excluding carboxylic acids is 1. The topological polar surface area (TPSA) is 55.6 Å². The van der Waals surface area contributed by atoms with Crippen LogP contribution in [0.3, 0.4) is 0 Å². The van der Waals surface area contributed by atoms with Crippen molar-refractivity contribution >= 4 is 5.91 Å². The molecule has 114 valence electrons. The molecule has 0 bridgehead atoms. The Labute approximate surface area is 130 Å². The Balaban J connectivity index is 1.90. The van der Waals surface area contributed by atoms with Gasteiger partial charge in [-0.05, 0) is 28.8 Å². The van der Waals surface area contributed by atoms with Gasteiger partial charge in [-0.3, -0.25) is 9.69 Å². The van der Waals surface area contributed by atoms with E-state index in [0.29, 0.717) is 5.56 Å². The maximum Gasteiger partial charge on any atom is 0.248 e. The van der Waals surface area contributed by atoms with Crippen molar-refractivity contribution in [3.05, 3.63) is 59.7 Å². The number of morpholine rings is 1. The summed E-state index contributed by atoms with van der Waals surface area (Å²) in [5.74, 6) is -0.396. The molecule has 0 aliphatic carbocycles. The number of hydrogen-bond donors (Lipinski definition) is 1. The third kappa shape index (κ3) is 3.35. The van der Waals surface area contributed by atoms with E-state index in [1.54, 1.807) is 6.07 Å². The van der Waals surface area contributed by atoms with Crippen molar-refractivity contribution in [2.24, 2.45) is 5.73 Å². The van der Waals surface area contributed by atoms with Crippen LogP contribution in [0.4, 0.5) is 0 Å². The van der Waals surface area contributed by atoms with E-state index < -0.39 is 5.91 Å². The van der Waals surface area contributed by atoms with Crippen LogP contribution in [0, 0.1) is 0 Å². The van der Waals surface area contributed by atoms with Gasteiger partial charge in [-0.1, -0.05) is 36.4 Å². The SMILES string of the molecule is NC(=O)c1cccc(-c2ccccc2CN2CCOCC2)c1. The number of amides is 1. The zero-order chi connectivity index (χ0) is 15.4. The second kappa shape index (κ2) is 6.73. The number of primary amides is 1. The maximum absolute atomic E-state index is 11.4. The monoisotopic (exact) mass is 296 g/mol. The van der Waals surface area contributed by atoms with Crippen LogP contribution in [0.2, 0.25) is 0 Å². The molecule has 3 rings (SSSR count). The predicted molar refractivity (Wildman–Crippen MR) is 86.5 cm³/mol. The van der Waals surface area contributed by atoms with E-state index in [0.717, 1.165) is 44.0 Å². The number of benzene rings is 2. The number of ether oxygens (including phenoxy) is 1. The first-order valence-electron chi connectivity index (χ1n) is 7.52. The maximum atomic E-state index is 11.4. The normalized spacial score (nSPS) is 15.6. The highest BCUT2D eigenvalue weighted by Crippen LogP contribution is 2.25. The number of nitrogens with two attached hydrogens (primary N) is 1. The minimum atomic E-state index is -0.396. The van der Waals surface area contributed by atoms with Crippen LogP contribution in [-0.2, 0) is 11.3 Å². The summed E-state index contributed by atoms with van der Waals surface area (Å²) in [6, 6.07) is 15.8. The highest BCUT2D eigenvalue weighted by molar-refractivity contribution is 5.94. The van der Waals surface area contributed by atoms with Gasteiger partial charge in [0.25, 0.3) is 0 Å².